The summed E-state index contributed by atoms with van der Waals surface area (Å²) < 4.78 is 0. The van der Waals surface area contributed by atoms with Gasteiger partial charge >= 0.3 is 0 Å². The molecule has 88 valence electrons. The lowest BCUT2D eigenvalue weighted by Gasteiger charge is -2.20. The van der Waals surface area contributed by atoms with Crippen molar-refractivity contribution < 1.29 is 0 Å². The van der Waals surface area contributed by atoms with Gasteiger partial charge in [-0.3, -0.25) is 4.98 Å². The summed E-state index contributed by atoms with van der Waals surface area (Å²) in [4.78, 5) is 6.67. The van der Waals surface area contributed by atoms with Crippen LogP contribution < -0.4 is 10.6 Å². The van der Waals surface area contributed by atoms with Crippen molar-refractivity contribution in [3.63, 3.8) is 0 Å². The molecule has 0 bridgehead atoms. The van der Waals surface area contributed by atoms with Crippen LogP contribution >= 0.6 is 12.2 Å². The summed E-state index contributed by atoms with van der Waals surface area (Å²) in [5.41, 5.74) is 7.35. The molecule has 0 radical (unpaired) electrons. The van der Waals surface area contributed by atoms with Gasteiger partial charge in [-0.1, -0.05) is 26.1 Å². The zero-order chi connectivity index (χ0) is 12.1. The molecule has 1 rings (SSSR count). The monoisotopic (exact) mass is 237 g/mol. The Morgan fingerprint density at radius 3 is 2.81 bits per heavy atom. The molecule has 1 aromatic heterocycles. The van der Waals surface area contributed by atoms with Crippen LogP contribution in [0.25, 0.3) is 0 Å². The Morgan fingerprint density at radius 2 is 2.25 bits per heavy atom. The van der Waals surface area contributed by atoms with E-state index in [1.165, 1.54) is 6.42 Å². The van der Waals surface area contributed by atoms with Crippen LogP contribution in [0, 0.1) is 5.92 Å². The van der Waals surface area contributed by atoms with Crippen molar-refractivity contribution in [2.75, 3.05) is 18.5 Å². The summed E-state index contributed by atoms with van der Waals surface area (Å²) in [5.74, 6) is 0.708. The first kappa shape index (κ1) is 12.9. The molecule has 0 aromatic carbocycles. The smallest absolute Gasteiger partial charge is 0.122 e. The Balaban J connectivity index is 2.71. The molecule has 16 heavy (non-hydrogen) atoms. The van der Waals surface area contributed by atoms with Crippen LogP contribution in [0.1, 0.15) is 26.0 Å². The van der Waals surface area contributed by atoms with Crippen LogP contribution in [0.4, 0.5) is 5.69 Å². The number of rotatable bonds is 5. The number of thiocarbonyl (C=S) groups is 1. The van der Waals surface area contributed by atoms with Crippen LogP contribution in [0.3, 0.4) is 0 Å². The normalized spacial score (nSPS) is 10.5. The lowest BCUT2D eigenvalue weighted by molar-refractivity contribution is 0.585. The third-order valence-electron chi connectivity index (χ3n) is 2.48. The minimum Gasteiger partial charge on any atom is -0.388 e. The van der Waals surface area contributed by atoms with Crippen LogP contribution in [-0.4, -0.2) is 23.6 Å². The molecule has 1 heterocycles. The molecule has 0 fully saturated rings. The lowest BCUT2D eigenvalue weighted by Crippen LogP contribution is -2.21. The lowest BCUT2D eigenvalue weighted by atomic mass is 10.1. The predicted molar refractivity (Wildman–Crippen MR) is 72.8 cm³/mol. The van der Waals surface area contributed by atoms with Crippen molar-refractivity contribution in [3.05, 3.63) is 24.0 Å². The predicted octanol–water partition coefficient (Wildman–Crippen LogP) is 2.20. The first-order chi connectivity index (χ1) is 7.50. The molecule has 0 saturated heterocycles. The van der Waals surface area contributed by atoms with Gasteiger partial charge in [0.05, 0.1) is 5.69 Å². The van der Waals surface area contributed by atoms with E-state index in [0.29, 0.717) is 16.6 Å². The van der Waals surface area contributed by atoms with Gasteiger partial charge in [0.25, 0.3) is 0 Å². The molecule has 1 aromatic rings. The van der Waals surface area contributed by atoms with Crippen LogP contribution in [0.15, 0.2) is 18.3 Å². The van der Waals surface area contributed by atoms with Gasteiger partial charge in [0.2, 0.25) is 0 Å². The number of hydrogen-bond acceptors (Lipinski definition) is 3. The molecule has 0 amide bonds. The van der Waals surface area contributed by atoms with Gasteiger partial charge in [0.15, 0.2) is 0 Å². The minimum atomic E-state index is 0.346. The van der Waals surface area contributed by atoms with Gasteiger partial charge in [-0.2, -0.15) is 0 Å². The van der Waals surface area contributed by atoms with Crippen molar-refractivity contribution in [1.82, 2.24) is 4.98 Å². The van der Waals surface area contributed by atoms with Gasteiger partial charge in [-0.15, -0.1) is 0 Å². The second-order valence-corrected chi connectivity index (χ2v) is 4.81. The SMILES string of the molecule is CC(C)CCN(C)c1ccnc(C(N)=S)c1. The fourth-order valence-corrected chi connectivity index (χ4v) is 1.48. The highest BCUT2D eigenvalue weighted by Crippen LogP contribution is 2.14. The van der Waals surface area contributed by atoms with Gasteiger partial charge in [0.1, 0.15) is 4.99 Å². The van der Waals surface area contributed by atoms with E-state index in [1.54, 1.807) is 6.20 Å². The summed E-state index contributed by atoms with van der Waals surface area (Å²) in [6, 6.07) is 3.91. The number of hydrogen-bond donors (Lipinski definition) is 1. The van der Waals surface area contributed by atoms with Crippen LogP contribution in [0.5, 0.6) is 0 Å². The molecule has 0 saturated carbocycles. The van der Waals surface area contributed by atoms with Crippen molar-refractivity contribution >= 4 is 22.9 Å². The van der Waals surface area contributed by atoms with Crippen molar-refractivity contribution in [2.45, 2.75) is 20.3 Å². The van der Waals surface area contributed by atoms with Crippen molar-refractivity contribution in [2.24, 2.45) is 11.7 Å². The minimum absolute atomic E-state index is 0.346. The number of anilines is 1. The highest BCUT2D eigenvalue weighted by molar-refractivity contribution is 7.80. The zero-order valence-corrected chi connectivity index (χ0v) is 10.9. The van der Waals surface area contributed by atoms with E-state index < -0.39 is 0 Å². The summed E-state index contributed by atoms with van der Waals surface area (Å²) in [6.45, 7) is 5.47. The van der Waals surface area contributed by atoms with Gasteiger partial charge in [-0.25, -0.2) is 0 Å². The standard InChI is InChI=1S/C12H19N3S/c1-9(2)5-7-15(3)10-4-6-14-11(8-10)12(13)16/h4,6,8-9H,5,7H2,1-3H3,(H2,13,16). The van der Waals surface area contributed by atoms with E-state index in [2.05, 4.69) is 30.8 Å². The fraction of sp³-hybridized carbons (Fsp3) is 0.500. The van der Waals surface area contributed by atoms with Crippen molar-refractivity contribution in [1.29, 1.82) is 0 Å². The van der Waals surface area contributed by atoms with Crippen LogP contribution in [-0.2, 0) is 0 Å². The van der Waals surface area contributed by atoms with E-state index in [-0.39, 0.29) is 0 Å². The second-order valence-electron chi connectivity index (χ2n) is 4.37. The molecule has 0 spiro atoms. The molecular weight excluding hydrogens is 218 g/mol. The Kier molecular flexibility index (Phi) is 4.68. The highest BCUT2D eigenvalue weighted by atomic mass is 32.1. The van der Waals surface area contributed by atoms with Gasteiger partial charge < -0.3 is 10.6 Å². The summed E-state index contributed by atoms with van der Waals surface area (Å²) in [7, 11) is 2.07. The number of nitrogens with zero attached hydrogens (tertiary/aromatic N) is 2. The van der Waals surface area contributed by atoms with E-state index >= 15 is 0 Å². The highest BCUT2D eigenvalue weighted by Gasteiger charge is 2.05. The quantitative estimate of drug-likeness (QED) is 0.797. The summed E-state index contributed by atoms with van der Waals surface area (Å²) in [5, 5.41) is 0. The topological polar surface area (TPSA) is 42.2 Å². The average molecular weight is 237 g/mol. The number of aromatic nitrogens is 1. The molecular formula is C12H19N3S. The van der Waals surface area contributed by atoms with Crippen LogP contribution in [0.2, 0.25) is 0 Å². The second kappa shape index (κ2) is 5.80. The molecule has 3 nitrogen and oxygen atoms in total. The third kappa shape index (κ3) is 3.77. The maximum absolute atomic E-state index is 5.56. The fourth-order valence-electron chi connectivity index (χ4n) is 1.37. The molecule has 0 aliphatic rings. The van der Waals surface area contributed by atoms with Gasteiger partial charge in [0, 0.05) is 25.5 Å². The molecule has 4 heteroatoms. The Bertz CT molecular complexity index is 363. The average Bonchev–Trinajstić information content (AvgIpc) is 2.26. The molecule has 0 aliphatic heterocycles. The molecule has 0 unspecified atom stereocenters. The number of pyridine rings is 1. The molecule has 0 atom stereocenters. The first-order valence-corrected chi connectivity index (χ1v) is 5.88. The largest absolute Gasteiger partial charge is 0.388 e. The Morgan fingerprint density at radius 1 is 1.56 bits per heavy atom. The van der Waals surface area contributed by atoms with E-state index in [9.17, 15) is 0 Å². The Hall–Kier alpha value is -1.16. The maximum Gasteiger partial charge on any atom is 0.122 e. The van der Waals surface area contributed by atoms with Crippen molar-refractivity contribution in [3.8, 4) is 0 Å². The van der Waals surface area contributed by atoms with E-state index in [4.69, 9.17) is 18.0 Å². The van der Waals surface area contributed by atoms with E-state index in [0.717, 1.165) is 12.2 Å². The number of nitrogens with two attached hydrogens (primary N) is 1. The Labute approximate surface area is 103 Å². The van der Waals surface area contributed by atoms with E-state index in [1.807, 2.05) is 12.1 Å². The summed E-state index contributed by atoms with van der Waals surface area (Å²) >= 11 is 4.91. The summed E-state index contributed by atoms with van der Waals surface area (Å²) in [6.07, 6.45) is 2.91. The zero-order valence-electron chi connectivity index (χ0n) is 10.1. The maximum atomic E-state index is 5.56. The molecule has 2 N–H and O–H groups in total. The molecule has 0 aliphatic carbocycles. The third-order valence-corrected chi connectivity index (χ3v) is 2.69. The first-order valence-electron chi connectivity index (χ1n) is 5.47. The van der Waals surface area contributed by atoms with Gasteiger partial charge in [-0.05, 0) is 24.5 Å².